The lowest BCUT2D eigenvalue weighted by molar-refractivity contribution is 0.0485. The summed E-state index contributed by atoms with van der Waals surface area (Å²) in [5, 5.41) is 0. The number of carbonyl (C=O) groups is 2. The summed E-state index contributed by atoms with van der Waals surface area (Å²) in [5.41, 5.74) is 2.57. The predicted octanol–water partition coefficient (Wildman–Crippen LogP) is 4.20. The van der Waals surface area contributed by atoms with Crippen molar-refractivity contribution < 1.29 is 18.7 Å². The van der Waals surface area contributed by atoms with Crippen LogP contribution in [-0.2, 0) is 11.3 Å². The topological polar surface area (TPSA) is 59.8 Å². The number of hydrogen-bond donors (Lipinski definition) is 0. The highest BCUT2D eigenvalue weighted by molar-refractivity contribution is 5.99. The van der Waals surface area contributed by atoms with Crippen molar-refractivity contribution in [3.05, 3.63) is 94.9 Å². The second-order valence-corrected chi connectivity index (χ2v) is 6.33. The van der Waals surface area contributed by atoms with E-state index in [9.17, 15) is 9.59 Å². The number of nitrogens with zero attached hydrogens (tertiary/aromatic N) is 1. The Balaban J connectivity index is 1.73. The van der Waals surface area contributed by atoms with E-state index in [1.807, 2.05) is 54.6 Å². The Morgan fingerprint density at radius 2 is 1.78 bits per heavy atom. The third kappa shape index (κ3) is 3.12. The van der Waals surface area contributed by atoms with Crippen LogP contribution in [0.1, 0.15) is 50.8 Å². The molecular weight excluding hydrogens is 342 g/mol. The Kier molecular flexibility index (Phi) is 4.50. The average Bonchev–Trinajstić information content (AvgIpc) is 3.27. The van der Waals surface area contributed by atoms with Gasteiger partial charge in [0, 0.05) is 12.1 Å². The van der Waals surface area contributed by atoms with E-state index < -0.39 is 5.97 Å². The molecule has 0 bridgehead atoms. The molecule has 136 valence electrons. The third-order valence-corrected chi connectivity index (χ3v) is 4.63. The quantitative estimate of drug-likeness (QED) is 0.639. The normalized spacial score (nSPS) is 15.7. The van der Waals surface area contributed by atoms with E-state index in [1.54, 1.807) is 24.0 Å². The van der Waals surface area contributed by atoms with Gasteiger partial charge in [-0.3, -0.25) is 4.79 Å². The van der Waals surface area contributed by atoms with E-state index in [4.69, 9.17) is 9.15 Å². The van der Waals surface area contributed by atoms with Gasteiger partial charge < -0.3 is 14.1 Å². The summed E-state index contributed by atoms with van der Waals surface area (Å²) < 4.78 is 10.8. The molecule has 2 heterocycles. The molecule has 5 heteroatoms. The number of amides is 1. The highest BCUT2D eigenvalue weighted by atomic mass is 16.5. The number of benzene rings is 2. The zero-order valence-corrected chi connectivity index (χ0v) is 14.9. The first-order valence-corrected chi connectivity index (χ1v) is 8.89. The van der Waals surface area contributed by atoms with E-state index in [-0.39, 0.29) is 24.3 Å². The van der Waals surface area contributed by atoms with Crippen LogP contribution in [0.5, 0.6) is 0 Å². The molecule has 3 aromatic rings. The highest BCUT2D eigenvalue weighted by Crippen LogP contribution is 2.40. The van der Waals surface area contributed by atoms with E-state index in [1.165, 1.54) is 0 Å². The first-order chi connectivity index (χ1) is 13.2. The first kappa shape index (κ1) is 17.1. The van der Waals surface area contributed by atoms with Gasteiger partial charge in [0.2, 0.25) is 5.76 Å². The number of furan rings is 1. The Labute approximate surface area is 157 Å². The van der Waals surface area contributed by atoms with Crippen LogP contribution in [0.25, 0.3) is 0 Å². The fourth-order valence-electron chi connectivity index (χ4n) is 3.43. The largest absolute Gasteiger partial charge is 0.460 e. The maximum absolute atomic E-state index is 13.0. The minimum Gasteiger partial charge on any atom is -0.460 e. The van der Waals surface area contributed by atoms with Crippen LogP contribution >= 0.6 is 0 Å². The minimum atomic E-state index is -0.504. The van der Waals surface area contributed by atoms with Crippen LogP contribution in [0, 0.1) is 0 Å². The Hall–Kier alpha value is -3.34. The number of carbonyl (C=O) groups excluding carboxylic acids is 2. The summed E-state index contributed by atoms with van der Waals surface area (Å²) in [6, 6.07) is 20.3. The molecule has 1 amide bonds. The summed E-state index contributed by atoms with van der Waals surface area (Å²) in [7, 11) is 0. The van der Waals surface area contributed by atoms with Gasteiger partial charge in [-0.1, -0.05) is 48.5 Å². The van der Waals surface area contributed by atoms with Crippen molar-refractivity contribution >= 4 is 11.9 Å². The molecule has 0 saturated heterocycles. The van der Waals surface area contributed by atoms with Gasteiger partial charge in [0.05, 0.1) is 6.61 Å². The average molecular weight is 361 g/mol. The van der Waals surface area contributed by atoms with Crippen LogP contribution in [-0.4, -0.2) is 23.4 Å². The summed E-state index contributed by atoms with van der Waals surface area (Å²) in [6.45, 7) is 2.48. The van der Waals surface area contributed by atoms with Crippen molar-refractivity contribution in [2.24, 2.45) is 0 Å². The van der Waals surface area contributed by atoms with Crippen molar-refractivity contribution in [2.75, 3.05) is 6.61 Å². The van der Waals surface area contributed by atoms with Gasteiger partial charge in [0.25, 0.3) is 5.91 Å². The lowest BCUT2D eigenvalue weighted by Gasteiger charge is -2.24. The number of hydrogen-bond acceptors (Lipinski definition) is 4. The van der Waals surface area contributed by atoms with Gasteiger partial charge in [-0.05, 0) is 36.2 Å². The van der Waals surface area contributed by atoms with Gasteiger partial charge in [-0.15, -0.1) is 0 Å². The Morgan fingerprint density at radius 3 is 2.56 bits per heavy atom. The second kappa shape index (κ2) is 7.11. The number of ether oxygens (including phenoxy) is 1. The van der Waals surface area contributed by atoms with E-state index in [2.05, 4.69) is 0 Å². The second-order valence-electron chi connectivity index (χ2n) is 6.33. The van der Waals surface area contributed by atoms with E-state index in [0.29, 0.717) is 17.9 Å². The van der Waals surface area contributed by atoms with Crippen molar-refractivity contribution in [3.8, 4) is 0 Å². The lowest BCUT2D eigenvalue weighted by atomic mass is 10.0. The summed E-state index contributed by atoms with van der Waals surface area (Å²) in [6.07, 6.45) is 0. The Bertz CT molecular complexity index is 977. The molecular formula is C22H19NO4. The molecule has 0 fully saturated rings. The van der Waals surface area contributed by atoms with Crippen molar-refractivity contribution in [2.45, 2.75) is 19.5 Å². The maximum atomic E-state index is 13.0. The van der Waals surface area contributed by atoms with E-state index in [0.717, 1.165) is 11.1 Å². The summed E-state index contributed by atoms with van der Waals surface area (Å²) in [4.78, 5) is 26.8. The molecule has 27 heavy (non-hydrogen) atoms. The SMILES string of the molecule is CCOC(=O)c1ccc([C@@H]2c3ccccc3C(=O)N2Cc2ccccc2)o1. The van der Waals surface area contributed by atoms with Crippen molar-refractivity contribution in [3.63, 3.8) is 0 Å². The fourth-order valence-corrected chi connectivity index (χ4v) is 3.43. The highest BCUT2D eigenvalue weighted by Gasteiger charge is 2.39. The van der Waals surface area contributed by atoms with Crippen LogP contribution in [0.2, 0.25) is 0 Å². The molecule has 0 unspecified atom stereocenters. The van der Waals surface area contributed by atoms with E-state index >= 15 is 0 Å². The molecule has 2 aromatic carbocycles. The summed E-state index contributed by atoms with van der Waals surface area (Å²) >= 11 is 0. The zero-order valence-electron chi connectivity index (χ0n) is 14.9. The fraction of sp³-hybridized carbons (Fsp3) is 0.182. The molecule has 1 aromatic heterocycles. The molecule has 1 aliphatic rings. The van der Waals surface area contributed by atoms with Crippen molar-refractivity contribution in [1.82, 2.24) is 4.90 Å². The number of rotatable bonds is 5. The Morgan fingerprint density at radius 1 is 1.04 bits per heavy atom. The summed E-state index contributed by atoms with van der Waals surface area (Å²) in [5.74, 6) is 0.139. The van der Waals surface area contributed by atoms with Crippen LogP contribution in [0.3, 0.4) is 0 Å². The molecule has 0 spiro atoms. The van der Waals surface area contributed by atoms with Crippen LogP contribution in [0.15, 0.2) is 71.1 Å². The van der Waals surface area contributed by atoms with Gasteiger partial charge in [0.15, 0.2) is 0 Å². The monoisotopic (exact) mass is 361 g/mol. The predicted molar refractivity (Wildman–Crippen MR) is 99.3 cm³/mol. The van der Waals surface area contributed by atoms with Gasteiger partial charge in [0.1, 0.15) is 11.8 Å². The van der Waals surface area contributed by atoms with Gasteiger partial charge in [-0.25, -0.2) is 4.79 Å². The molecule has 0 saturated carbocycles. The molecule has 0 aliphatic carbocycles. The molecule has 1 aliphatic heterocycles. The molecule has 4 rings (SSSR count). The maximum Gasteiger partial charge on any atom is 0.374 e. The molecule has 0 radical (unpaired) electrons. The molecule has 0 N–H and O–H groups in total. The standard InChI is InChI=1S/C22H19NO4/c1-2-26-22(25)19-13-12-18(27-19)20-16-10-6-7-11-17(16)21(24)23(20)14-15-8-4-3-5-9-15/h3-13,20H,2,14H2,1H3/t20-/m0/s1. The number of esters is 1. The zero-order chi connectivity index (χ0) is 18.8. The minimum absolute atomic E-state index is 0.0477. The lowest BCUT2D eigenvalue weighted by Crippen LogP contribution is -2.28. The van der Waals surface area contributed by atoms with Crippen molar-refractivity contribution in [1.29, 1.82) is 0 Å². The first-order valence-electron chi connectivity index (χ1n) is 8.89. The van der Waals surface area contributed by atoms with Gasteiger partial charge >= 0.3 is 5.97 Å². The molecule has 5 nitrogen and oxygen atoms in total. The third-order valence-electron chi connectivity index (χ3n) is 4.63. The smallest absolute Gasteiger partial charge is 0.374 e. The van der Waals surface area contributed by atoms with Crippen LogP contribution < -0.4 is 0 Å². The van der Waals surface area contributed by atoms with Crippen LogP contribution in [0.4, 0.5) is 0 Å². The van der Waals surface area contributed by atoms with Gasteiger partial charge in [-0.2, -0.15) is 0 Å². The molecule has 1 atom stereocenters. The number of fused-ring (bicyclic) bond motifs is 1.